The Hall–Kier alpha value is -2.54. The van der Waals surface area contributed by atoms with Gasteiger partial charge in [-0.25, -0.2) is 9.97 Å². The Bertz CT molecular complexity index is 1110. The highest BCUT2D eigenvalue weighted by atomic mass is 32.1. The van der Waals surface area contributed by atoms with Gasteiger partial charge >= 0.3 is 6.18 Å². The third-order valence-electron chi connectivity index (χ3n) is 5.88. The fraction of sp³-hybridized carbons (Fsp3) is 0.500. The second-order valence-electron chi connectivity index (χ2n) is 8.40. The molecule has 0 bridgehead atoms. The van der Waals surface area contributed by atoms with E-state index in [1.165, 1.54) is 11.3 Å². The average Bonchev–Trinajstić information content (AvgIpc) is 3.32. The Morgan fingerprint density at radius 3 is 2.56 bits per heavy atom. The Kier molecular flexibility index (Phi) is 7.22. The topological polar surface area (TPSA) is 123 Å². The number of rotatable bonds is 8. The number of para-hydroxylation sites is 1. The summed E-state index contributed by atoms with van der Waals surface area (Å²) in [5.41, 5.74) is 1.97. The van der Waals surface area contributed by atoms with Gasteiger partial charge in [-0.15, -0.1) is 11.3 Å². The van der Waals surface area contributed by atoms with Crippen molar-refractivity contribution in [2.24, 2.45) is 5.92 Å². The third kappa shape index (κ3) is 5.40. The van der Waals surface area contributed by atoms with Crippen molar-refractivity contribution < 1.29 is 28.5 Å². The summed E-state index contributed by atoms with van der Waals surface area (Å²) in [5.74, 6) is 0.0137. The molecule has 1 aromatic carbocycles. The predicted molar refractivity (Wildman–Crippen MR) is 124 cm³/mol. The molecule has 3 aromatic rings. The van der Waals surface area contributed by atoms with Crippen LogP contribution < -0.4 is 10.6 Å². The van der Waals surface area contributed by atoms with Crippen molar-refractivity contribution in [1.82, 2.24) is 15.0 Å². The van der Waals surface area contributed by atoms with E-state index in [-0.39, 0.29) is 25.5 Å². The van der Waals surface area contributed by atoms with E-state index in [1.54, 1.807) is 6.92 Å². The van der Waals surface area contributed by atoms with Crippen LogP contribution in [-0.2, 0) is 0 Å². The van der Waals surface area contributed by atoms with Crippen LogP contribution in [0.5, 0.6) is 0 Å². The zero-order chi connectivity index (χ0) is 24.5. The standard InChI is InChI=1S/C22H26F3N5O3S/c1-11-16(20-29-13-5-2-3-6-15(13)34-20)19(28-14-9-12(10-31)17(32)18(14)33)30-21(27-11)26-8-4-7-22(23,24)25/h2-3,5-6,12,14,17-18,31-33H,4,7-10H2,1H3,(H2,26,27,28,30)/t12-,14-,17-,18+/m1/s1. The lowest BCUT2D eigenvalue weighted by Gasteiger charge is -2.21. The first kappa shape index (κ1) is 24.6. The SMILES string of the molecule is Cc1nc(NCCCC(F)(F)F)nc(N[C@@H]2C[C@H](CO)[C@@H](O)[C@H]2O)c1-c1nc2ccccc2s1. The minimum absolute atomic E-state index is 0.0379. The lowest BCUT2D eigenvalue weighted by Crippen LogP contribution is -2.35. The van der Waals surface area contributed by atoms with Crippen molar-refractivity contribution in [1.29, 1.82) is 0 Å². The van der Waals surface area contributed by atoms with Gasteiger partial charge in [0.15, 0.2) is 0 Å². The summed E-state index contributed by atoms with van der Waals surface area (Å²) >= 11 is 1.44. The van der Waals surface area contributed by atoms with Crippen LogP contribution in [-0.4, -0.2) is 67.8 Å². The number of aliphatic hydroxyl groups excluding tert-OH is 3. The molecule has 1 saturated carbocycles. The van der Waals surface area contributed by atoms with Crippen molar-refractivity contribution in [2.75, 3.05) is 23.8 Å². The van der Waals surface area contributed by atoms with Crippen LogP contribution in [0.4, 0.5) is 24.9 Å². The maximum Gasteiger partial charge on any atom is 0.389 e. The molecule has 0 unspecified atom stereocenters. The highest BCUT2D eigenvalue weighted by molar-refractivity contribution is 7.21. The van der Waals surface area contributed by atoms with E-state index < -0.39 is 36.8 Å². The molecule has 184 valence electrons. The molecule has 0 saturated heterocycles. The van der Waals surface area contributed by atoms with Crippen LogP contribution in [0.1, 0.15) is 25.0 Å². The second kappa shape index (κ2) is 9.98. The summed E-state index contributed by atoms with van der Waals surface area (Å²) in [6.45, 7) is 1.53. The third-order valence-corrected chi connectivity index (χ3v) is 6.93. The normalized spacial score (nSPS) is 22.9. The van der Waals surface area contributed by atoms with Gasteiger partial charge in [0, 0.05) is 25.5 Å². The first-order valence-corrected chi connectivity index (χ1v) is 11.8. The largest absolute Gasteiger partial charge is 0.396 e. The van der Waals surface area contributed by atoms with E-state index in [2.05, 4.69) is 25.6 Å². The first-order valence-electron chi connectivity index (χ1n) is 10.9. The number of aliphatic hydroxyl groups is 3. The van der Waals surface area contributed by atoms with Crippen LogP contribution in [0.15, 0.2) is 24.3 Å². The van der Waals surface area contributed by atoms with Gasteiger partial charge in [0.05, 0.1) is 33.6 Å². The Morgan fingerprint density at radius 1 is 1.12 bits per heavy atom. The molecule has 2 heterocycles. The number of fused-ring (bicyclic) bond motifs is 1. The Balaban J connectivity index is 1.65. The Morgan fingerprint density at radius 2 is 1.88 bits per heavy atom. The van der Waals surface area contributed by atoms with Crippen LogP contribution >= 0.6 is 11.3 Å². The number of aromatic nitrogens is 3. The molecule has 1 fully saturated rings. The van der Waals surface area contributed by atoms with Gasteiger partial charge in [-0.05, 0) is 31.9 Å². The summed E-state index contributed by atoms with van der Waals surface area (Å²) in [6, 6.07) is 7.03. The molecule has 0 aliphatic heterocycles. The quantitative estimate of drug-likeness (QED) is 0.300. The number of nitrogens with one attached hydrogen (secondary N) is 2. The van der Waals surface area contributed by atoms with E-state index in [0.29, 0.717) is 28.5 Å². The van der Waals surface area contributed by atoms with Crippen molar-refractivity contribution in [3.05, 3.63) is 30.0 Å². The minimum Gasteiger partial charge on any atom is -0.396 e. The number of hydrogen-bond acceptors (Lipinski definition) is 9. The van der Waals surface area contributed by atoms with E-state index in [4.69, 9.17) is 0 Å². The lowest BCUT2D eigenvalue weighted by atomic mass is 10.1. The summed E-state index contributed by atoms with van der Waals surface area (Å²) in [6.07, 6.45) is -7.17. The number of aryl methyl sites for hydroxylation is 1. The first-order chi connectivity index (χ1) is 16.2. The number of halogens is 3. The van der Waals surface area contributed by atoms with Crippen molar-refractivity contribution >= 4 is 33.3 Å². The van der Waals surface area contributed by atoms with Gasteiger partial charge in [-0.1, -0.05) is 12.1 Å². The summed E-state index contributed by atoms with van der Waals surface area (Å²) < 4.78 is 38.3. The molecule has 5 N–H and O–H groups in total. The van der Waals surface area contributed by atoms with E-state index in [1.807, 2.05) is 24.3 Å². The van der Waals surface area contributed by atoms with Crippen LogP contribution in [0, 0.1) is 12.8 Å². The molecule has 0 radical (unpaired) electrons. The van der Waals surface area contributed by atoms with Gasteiger partial charge in [0.1, 0.15) is 16.9 Å². The molecular weight excluding hydrogens is 471 g/mol. The zero-order valence-electron chi connectivity index (χ0n) is 18.4. The molecule has 2 aromatic heterocycles. The van der Waals surface area contributed by atoms with Gasteiger partial charge in [-0.3, -0.25) is 0 Å². The van der Waals surface area contributed by atoms with Crippen molar-refractivity contribution in [3.63, 3.8) is 0 Å². The number of hydrogen-bond donors (Lipinski definition) is 5. The average molecular weight is 498 g/mol. The van der Waals surface area contributed by atoms with Crippen LogP contribution in [0.25, 0.3) is 20.8 Å². The molecule has 4 rings (SSSR count). The zero-order valence-corrected chi connectivity index (χ0v) is 19.2. The summed E-state index contributed by atoms with van der Waals surface area (Å²) in [4.78, 5) is 13.6. The molecule has 4 atom stereocenters. The number of nitrogens with zero attached hydrogens (tertiary/aromatic N) is 3. The van der Waals surface area contributed by atoms with Gasteiger partial charge in [0.25, 0.3) is 0 Å². The minimum atomic E-state index is -4.23. The number of benzene rings is 1. The Labute approximate surface area is 197 Å². The van der Waals surface area contributed by atoms with Crippen molar-refractivity contribution in [3.8, 4) is 10.6 Å². The molecule has 12 heteroatoms. The van der Waals surface area contributed by atoms with Gasteiger partial charge in [-0.2, -0.15) is 18.2 Å². The second-order valence-corrected chi connectivity index (χ2v) is 9.43. The van der Waals surface area contributed by atoms with Crippen LogP contribution in [0.3, 0.4) is 0 Å². The smallest absolute Gasteiger partial charge is 0.389 e. The molecule has 0 spiro atoms. The predicted octanol–water partition coefficient (Wildman–Crippen LogP) is 3.33. The number of anilines is 2. The maximum absolute atomic E-state index is 12.5. The van der Waals surface area contributed by atoms with Gasteiger partial charge in [0.2, 0.25) is 5.95 Å². The fourth-order valence-corrected chi connectivity index (χ4v) is 5.17. The van der Waals surface area contributed by atoms with E-state index >= 15 is 0 Å². The number of thiazole rings is 1. The highest BCUT2D eigenvalue weighted by Crippen LogP contribution is 2.38. The molecular formula is C22H26F3N5O3S. The molecule has 8 nitrogen and oxygen atoms in total. The highest BCUT2D eigenvalue weighted by Gasteiger charge is 2.41. The molecule has 1 aliphatic rings. The maximum atomic E-state index is 12.5. The molecule has 34 heavy (non-hydrogen) atoms. The van der Waals surface area contributed by atoms with E-state index in [0.717, 1.165) is 10.2 Å². The fourth-order valence-electron chi connectivity index (χ4n) is 4.10. The van der Waals surface area contributed by atoms with E-state index in [9.17, 15) is 28.5 Å². The van der Waals surface area contributed by atoms with Crippen LogP contribution in [0.2, 0.25) is 0 Å². The number of alkyl halides is 3. The summed E-state index contributed by atoms with van der Waals surface area (Å²) in [7, 11) is 0. The van der Waals surface area contributed by atoms with Crippen molar-refractivity contribution in [2.45, 2.75) is 50.6 Å². The summed E-state index contributed by atoms with van der Waals surface area (Å²) in [5, 5.41) is 36.8. The lowest BCUT2D eigenvalue weighted by molar-refractivity contribution is -0.134. The van der Waals surface area contributed by atoms with Gasteiger partial charge < -0.3 is 26.0 Å². The molecule has 0 amide bonds. The monoisotopic (exact) mass is 497 g/mol. The molecule has 1 aliphatic carbocycles.